The van der Waals surface area contributed by atoms with Crippen molar-refractivity contribution in [2.24, 2.45) is 0 Å². The number of aromatic carboxylic acids is 1. The largest absolute Gasteiger partial charge is 0.478 e. The first-order valence-electron chi connectivity index (χ1n) is 10.5. The second-order valence-corrected chi connectivity index (χ2v) is 9.48. The summed E-state index contributed by atoms with van der Waals surface area (Å²) in [5.41, 5.74) is 1.87. The van der Waals surface area contributed by atoms with Crippen molar-refractivity contribution in [1.82, 2.24) is 9.97 Å². The zero-order chi connectivity index (χ0) is 24.5. The van der Waals surface area contributed by atoms with Gasteiger partial charge in [-0.15, -0.1) is 0 Å². The number of hydrogen-bond acceptors (Lipinski definition) is 5. The van der Waals surface area contributed by atoms with Crippen molar-refractivity contribution in [3.63, 3.8) is 0 Å². The van der Waals surface area contributed by atoms with Gasteiger partial charge in [-0.05, 0) is 63.2 Å². The molecular formula is C26H22BrN3O4. The third-order valence-corrected chi connectivity index (χ3v) is 5.33. The molecule has 0 saturated carbocycles. The fourth-order valence-electron chi connectivity index (χ4n) is 3.37. The molecule has 1 amide bonds. The number of hydrogen-bond donors (Lipinski definition) is 1. The van der Waals surface area contributed by atoms with Crippen molar-refractivity contribution in [3.05, 3.63) is 82.8 Å². The number of fused-ring (bicyclic) bond motifs is 1. The minimum atomic E-state index is -1.06. The van der Waals surface area contributed by atoms with Crippen LogP contribution in [0.2, 0.25) is 0 Å². The number of rotatable bonds is 4. The second-order valence-electron chi connectivity index (χ2n) is 8.57. The molecule has 0 fully saturated rings. The molecule has 3 aromatic carbocycles. The molecule has 172 valence electrons. The van der Waals surface area contributed by atoms with Crippen LogP contribution in [0.15, 0.2) is 77.3 Å². The topological polar surface area (TPSA) is 92.6 Å². The van der Waals surface area contributed by atoms with E-state index < -0.39 is 17.7 Å². The molecular weight excluding hydrogens is 498 g/mol. The number of amides is 1. The van der Waals surface area contributed by atoms with Gasteiger partial charge in [-0.3, -0.25) is 0 Å². The minimum absolute atomic E-state index is 0.0992. The van der Waals surface area contributed by atoms with Crippen LogP contribution in [-0.4, -0.2) is 32.7 Å². The quantitative estimate of drug-likeness (QED) is 0.317. The van der Waals surface area contributed by atoms with Crippen LogP contribution in [-0.2, 0) is 4.74 Å². The lowest BCUT2D eigenvalue weighted by molar-refractivity contribution is 0.0596. The van der Waals surface area contributed by atoms with Crippen LogP contribution < -0.4 is 4.90 Å². The Kier molecular flexibility index (Phi) is 6.34. The molecule has 0 aliphatic rings. The molecule has 1 N–H and O–H groups in total. The van der Waals surface area contributed by atoms with Gasteiger partial charge in [-0.1, -0.05) is 46.3 Å². The van der Waals surface area contributed by atoms with Crippen molar-refractivity contribution in [2.45, 2.75) is 26.4 Å². The number of aromatic nitrogens is 2. The molecule has 0 spiro atoms. The molecule has 0 unspecified atom stereocenters. The lowest BCUT2D eigenvalue weighted by Crippen LogP contribution is -2.35. The normalized spacial score (nSPS) is 11.3. The Hall–Kier alpha value is -3.78. The van der Waals surface area contributed by atoms with Crippen LogP contribution in [0.25, 0.3) is 22.2 Å². The Labute approximate surface area is 205 Å². The van der Waals surface area contributed by atoms with Gasteiger partial charge in [-0.25, -0.2) is 24.5 Å². The number of carbonyl (C=O) groups excluding carboxylic acids is 1. The van der Waals surface area contributed by atoms with Crippen molar-refractivity contribution in [1.29, 1.82) is 0 Å². The fourth-order valence-corrected chi connectivity index (χ4v) is 3.73. The lowest BCUT2D eigenvalue weighted by Gasteiger charge is -2.26. The summed E-state index contributed by atoms with van der Waals surface area (Å²) in [6.45, 7) is 5.31. The Bertz CT molecular complexity index is 1370. The Morgan fingerprint density at radius 3 is 2.24 bits per heavy atom. The summed E-state index contributed by atoms with van der Waals surface area (Å²) in [6, 6.07) is 21.2. The van der Waals surface area contributed by atoms with Crippen LogP contribution in [0.4, 0.5) is 16.4 Å². The average molecular weight is 520 g/mol. The van der Waals surface area contributed by atoms with E-state index in [4.69, 9.17) is 9.72 Å². The summed E-state index contributed by atoms with van der Waals surface area (Å²) in [6.07, 6.45) is -0.675. The van der Waals surface area contributed by atoms with Gasteiger partial charge in [0.15, 0.2) is 0 Å². The summed E-state index contributed by atoms with van der Waals surface area (Å²) in [5, 5.41) is 10.1. The first-order chi connectivity index (χ1) is 16.1. The van der Waals surface area contributed by atoms with Crippen LogP contribution in [0.5, 0.6) is 0 Å². The molecule has 7 nitrogen and oxygen atoms in total. The molecule has 0 atom stereocenters. The second kappa shape index (κ2) is 9.23. The van der Waals surface area contributed by atoms with E-state index in [1.54, 1.807) is 20.8 Å². The molecule has 1 aromatic heterocycles. The highest BCUT2D eigenvalue weighted by atomic mass is 79.9. The number of nitrogens with zero attached hydrogens (tertiary/aromatic N) is 3. The van der Waals surface area contributed by atoms with Crippen molar-refractivity contribution in [3.8, 4) is 11.3 Å². The number of carboxylic acid groups (broad SMARTS) is 1. The maximum Gasteiger partial charge on any atom is 0.421 e. The van der Waals surface area contributed by atoms with E-state index in [1.807, 2.05) is 48.5 Å². The van der Waals surface area contributed by atoms with Gasteiger partial charge in [-0.2, -0.15) is 0 Å². The van der Waals surface area contributed by atoms with Gasteiger partial charge in [0, 0.05) is 15.4 Å². The molecule has 0 radical (unpaired) electrons. The summed E-state index contributed by atoms with van der Waals surface area (Å²) in [7, 11) is 0. The van der Waals surface area contributed by atoms with Crippen LogP contribution in [0.1, 0.15) is 31.1 Å². The highest BCUT2D eigenvalue weighted by Crippen LogP contribution is 2.33. The maximum absolute atomic E-state index is 13.3. The Morgan fingerprint density at radius 1 is 0.941 bits per heavy atom. The smallest absolute Gasteiger partial charge is 0.421 e. The zero-order valence-electron chi connectivity index (χ0n) is 18.8. The van der Waals surface area contributed by atoms with Gasteiger partial charge in [0.2, 0.25) is 5.95 Å². The standard InChI is InChI=1S/C26H22BrN3O4/c1-26(2,3)34-25(33)30(19-12-9-17(10-13-19)23(31)32)24-28-21-14-11-18(27)15-20(21)22(29-24)16-7-5-4-6-8-16/h4-15H,1-3H3,(H,31,32). The van der Waals surface area contributed by atoms with E-state index in [0.29, 0.717) is 16.9 Å². The number of halogens is 1. The first kappa shape index (κ1) is 23.4. The van der Waals surface area contributed by atoms with Gasteiger partial charge >= 0.3 is 12.1 Å². The summed E-state index contributed by atoms with van der Waals surface area (Å²) < 4.78 is 6.52. The van der Waals surface area contributed by atoms with E-state index in [0.717, 1.165) is 15.4 Å². The van der Waals surface area contributed by atoms with E-state index >= 15 is 0 Å². The van der Waals surface area contributed by atoms with Gasteiger partial charge < -0.3 is 9.84 Å². The van der Waals surface area contributed by atoms with E-state index in [9.17, 15) is 14.7 Å². The number of ether oxygens (including phenoxy) is 1. The predicted octanol–water partition coefficient (Wildman–Crippen LogP) is 6.83. The van der Waals surface area contributed by atoms with Gasteiger partial charge in [0.25, 0.3) is 0 Å². The zero-order valence-corrected chi connectivity index (χ0v) is 20.4. The average Bonchev–Trinajstić information content (AvgIpc) is 2.78. The molecule has 0 saturated heterocycles. The van der Waals surface area contributed by atoms with Gasteiger partial charge in [0.05, 0.1) is 22.5 Å². The SMILES string of the molecule is CC(C)(C)OC(=O)N(c1ccc(C(=O)O)cc1)c1nc(-c2ccccc2)c2cc(Br)ccc2n1. The molecule has 8 heteroatoms. The van der Waals surface area contributed by atoms with E-state index in [1.165, 1.54) is 29.2 Å². The Balaban J connectivity index is 1.94. The van der Waals surface area contributed by atoms with Gasteiger partial charge in [0.1, 0.15) is 5.60 Å². The molecule has 0 aliphatic carbocycles. The highest BCUT2D eigenvalue weighted by molar-refractivity contribution is 9.10. The number of carbonyl (C=O) groups is 2. The van der Waals surface area contributed by atoms with E-state index in [-0.39, 0.29) is 11.5 Å². The monoisotopic (exact) mass is 519 g/mol. The highest BCUT2D eigenvalue weighted by Gasteiger charge is 2.28. The summed E-state index contributed by atoms with van der Waals surface area (Å²) in [5.74, 6) is -0.944. The van der Waals surface area contributed by atoms with Crippen molar-refractivity contribution >= 4 is 50.5 Å². The molecule has 4 rings (SSSR count). The molecule has 0 bridgehead atoms. The lowest BCUT2D eigenvalue weighted by atomic mass is 10.1. The third kappa shape index (κ3) is 5.07. The summed E-state index contributed by atoms with van der Waals surface area (Å²) >= 11 is 3.51. The number of benzene rings is 3. The van der Waals surface area contributed by atoms with E-state index in [2.05, 4.69) is 20.9 Å². The molecule has 0 aliphatic heterocycles. The predicted molar refractivity (Wildman–Crippen MR) is 134 cm³/mol. The van der Waals surface area contributed by atoms with Crippen molar-refractivity contribution in [2.75, 3.05) is 4.90 Å². The molecule has 1 heterocycles. The number of anilines is 2. The summed E-state index contributed by atoms with van der Waals surface area (Å²) in [4.78, 5) is 35.3. The minimum Gasteiger partial charge on any atom is -0.478 e. The van der Waals surface area contributed by atoms with Crippen LogP contribution in [0.3, 0.4) is 0 Å². The number of carboxylic acids is 1. The van der Waals surface area contributed by atoms with Crippen LogP contribution in [0, 0.1) is 0 Å². The fraction of sp³-hybridized carbons (Fsp3) is 0.154. The van der Waals surface area contributed by atoms with Crippen LogP contribution >= 0.6 is 15.9 Å². The molecule has 4 aromatic rings. The first-order valence-corrected chi connectivity index (χ1v) is 11.3. The Morgan fingerprint density at radius 2 is 1.62 bits per heavy atom. The van der Waals surface area contributed by atoms with Crippen molar-refractivity contribution < 1.29 is 19.4 Å². The third-order valence-electron chi connectivity index (χ3n) is 4.84. The maximum atomic E-state index is 13.3. The molecule has 34 heavy (non-hydrogen) atoms.